The molecule has 0 atom stereocenters. The fourth-order valence-corrected chi connectivity index (χ4v) is 2.64. The van der Waals surface area contributed by atoms with Crippen molar-refractivity contribution < 1.29 is 0 Å². The first kappa shape index (κ1) is 4.65. The Hall–Kier alpha value is 0.493. The summed E-state index contributed by atoms with van der Waals surface area (Å²) in [6.45, 7) is 2.22. The van der Waals surface area contributed by atoms with E-state index in [1.54, 1.807) is 3.63 Å². The molecule has 31 valence electrons. The van der Waals surface area contributed by atoms with Gasteiger partial charge in [0, 0.05) is 0 Å². The molecule has 1 heteroatoms. The Bertz CT molecular complexity index is 80.1. The molecule has 1 aliphatic rings. The molecule has 0 amide bonds. The first-order valence-electron chi connectivity index (χ1n) is 1.94. The molecule has 0 aliphatic carbocycles. The van der Waals surface area contributed by atoms with E-state index in [1.165, 1.54) is 0 Å². The Morgan fingerprint density at radius 3 is 2.67 bits per heavy atom. The summed E-state index contributed by atoms with van der Waals surface area (Å²) >= 11 is -0.157. The monoisotopic (exact) mass is 275 g/mol. The van der Waals surface area contributed by atoms with Crippen LogP contribution in [-0.4, -0.2) is 26.5 Å². The molecule has 1 heterocycles. The van der Waals surface area contributed by atoms with Crippen LogP contribution in [0.25, 0.3) is 0 Å². The van der Waals surface area contributed by atoms with Crippen molar-refractivity contribution in [3.05, 3.63) is 15.8 Å². The molecule has 0 unspecified atom stereocenters. The number of hydrogen-bond donors (Lipinski definition) is 0. The van der Waals surface area contributed by atoms with Crippen LogP contribution in [0.5, 0.6) is 0 Å². The van der Waals surface area contributed by atoms with Crippen molar-refractivity contribution >= 4 is 26.5 Å². The Morgan fingerprint density at radius 1 is 1.67 bits per heavy atom. The van der Waals surface area contributed by atoms with Gasteiger partial charge in [-0.1, -0.05) is 0 Å². The van der Waals surface area contributed by atoms with E-state index in [1.807, 2.05) is 0 Å². The quantitative estimate of drug-likeness (QED) is 0.568. The fraction of sp³-hybridized carbons (Fsp3) is 0.200. The second-order valence-corrected chi connectivity index (χ2v) is 6.18. The SMILES string of the molecule is C[C]1C=C[CH]=[Bi]1. The van der Waals surface area contributed by atoms with Crippen molar-refractivity contribution in [2.75, 3.05) is 0 Å². The van der Waals surface area contributed by atoms with Crippen LogP contribution in [0.1, 0.15) is 6.92 Å². The van der Waals surface area contributed by atoms with Crippen LogP contribution in [0, 0.1) is 3.63 Å². The van der Waals surface area contributed by atoms with E-state index in [0.29, 0.717) is 0 Å². The summed E-state index contributed by atoms with van der Waals surface area (Å²) < 4.78 is 3.99. The van der Waals surface area contributed by atoms with Crippen LogP contribution < -0.4 is 0 Å². The van der Waals surface area contributed by atoms with E-state index >= 15 is 0 Å². The molecular formula is C5H6Bi. The topological polar surface area (TPSA) is 0 Å². The van der Waals surface area contributed by atoms with E-state index in [-0.39, 0.29) is 22.8 Å². The molecule has 0 N–H and O–H groups in total. The van der Waals surface area contributed by atoms with E-state index in [4.69, 9.17) is 0 Å². The molecule has 0 saturated heterocycles. The maximum atomic E-state index is 2.34. The Labute approximate surface area is 49.3 Å². The van der Waals surface area contributed by atoms with Crippen molar-refractivity contribution in [2.24, 2.45) is 0 Å². The summed E-state index contributed by atoms with van der Waals surface area (Å²) in [5.41, 5.74) is 0. The van der Waals surface area contributed by atoms with Crippen molar-refractivity contribution in [1.29, 1.82) is 0 Å². The number of allylic oxidation sites excluding steroid dienone is 2. The molecule has 0 aromatic rings. The summed E-state index contributed by atoms with van der Waals surface area (Å²) in [4.78, 5) is 0. The maximum absolute atomic E-state index is 2.34. The second-order valence-electron chi connectivity index (χ2n) is 1.28. The van der Waals surface area contributed by atoms with Crippen LogP contribution >= 0.6 is 0 Å². The minimum absolute atomic E-state index is 0.157. The summed E-state index contributed by atoms with van der Waals surface area (Å²) in [6.07, 6.45) is 4.39. The average molecular weight is 275 g/mol. The minimum atomic E-state index is -0.157. The zero-order valence-electron chi connectivity index (χ0n) is 3.68. The summed E-state index contributed by atoms with van der Waals surface area (Å²) in [6, 6.07) is 0. The second kappa shape index (κ2) is 1.98. The van der Waals surface area contributed by atoms with Crippen LogP contribution in [0.2, 0.25) is 0 Å². The first-order valence-corrected chi connectivity index (χ1v) is 5.68. The zero-order valence-corrected chi connectivity index (χ0v) is 7.16. The van der Waals surface area contributed by atoms with Crippen LogP contribution in [0.3, 0.4) is 0 Å². The van der Waals surface area contributed by atoms with Gasteiger partial charge in [0.15, 0.2) is 0 Å². The van der Waals surface area contributed by atoms with E-state index in [2.05, 4.69) is 22.8 Å². The van der Waals surface area contributed by atoms with Gasteiger partial charge in [-0.2, -0.15) is 0 Å². The van der Waals surface area contributed by atoms with Crippen LogP contribution in [0.15, 0.2) is 12.2 Å². The predicted octanol–water partition coefficient (Wildman–Crippen LogP) is 0.614. The van der Waals surface area contributed by atoms with Crippen molar-refractivity contribution in [3.8, 4) is 0 Å². The Morgan fingerprint density at radius 2 is 2.50 bits per heavy atom. The molecule has 0 aromatic heterocycles. The molecule has 0 nitrogen and oxygen atoms in total. The third-order valence-corrected chi connectivity index (χ3v) is 4.11. The van der Waals surface area contributed by atoms with Gasteiger partial charge >= 0.3 is 49.2 Å². The molecule has 0 spiro atoms. The standard InChI is InChI=1S/C5H6.Bi/c1-3-5-4-2;/h1,3,5H,2H3;. The molecule has 1 aliphatic heterocycles. The normalized spacial score (nSPS) is 20.2. The average Bonchev–Trinajstić information content (AvgIpc) is 1.86. The van der Waals surface area contributed by atoms with Crippen LogP contribution in [-0.2, 0) is 0 Å². The predicted molar refractivity (Wildman–Crippen MR) is 29.9 cm³/mol. The molecule has 0 saturated carbocycles. The molecule has 0 bridgehead atoms. The number of rotatable bonds is 0. The third-order valence-electron chi connectivity index (χ3n) is 0.702. The van der Waals surface area contributed by atoms with E-state index in [9.17, 15) is 0 Å². The van der Waals surface area contributed by atoms with Gasteiger partial charge in [0.25, 0.3) is 0 Å². The molecular weight excluding hydrogens is 269 g/mol. The van der Waals surface area contributed by atoms with Gasteiger partial charge in [0.1, 0.15) is 0 Å². The zero-order chi connectivity index (χ0) is 4.41. The van der Waals surface area contributed by atoms with Gasteiger partial charge in [-0.3, -0.25) is 0 Å². The van der Waals surface area contributed by atoms with Crippen LogP contribution in [0.4, 0.5) is 0 Å². The van der Waals surface area contributed by atoms with Crippen molar-refractivity contribution in [1.82, 2.24) is 0 Å². The van der Waals surface area contributed by atoms with E-state index < -0.39 is 0 Å². The molecule has 1 radical (unpaired) electrons. The summed E-state index contributed by atoms with van der Waals surface area (Å²) in [7, 11) is 0. The van der Waals surface area contributed by atoms with Crippen molar-refractivity contribution in [3.63, 3.8) is 0 Å². The Kier molecular flexibility index (Phi) is 1.53. The third kappa shape index (κ3) is 0.976. The van der Waals surface area contributed by atoms with Crippen molar-refractivity contribution in [2.45, 2.75) is 6.92 Å². The van der Waals surface area contributed by atoms with E-state index in [0.717, 1.165) is 0 Å². The molecule has 1 rings (SSSR count). The molecule has 0 aromatic carbocycles. The molecule has 6 heavy (non-hydrogen) atoms. The first-order chi connectivity index (χ1) is 2.89. The van der Waals surface area contributed by atoms with Gasteiger partial charge < -0.3 is 0 Å². The van der Waals surface area contributed by atoms with Gasteiger partial charge in [-0.25, -0.2) is 0 Å². The molecule has 0 fully saturated rings. The Balaban J connectivity index is 2.60. The number of hydrogen-bond acceptors (Lipinski definition) is 0. The van der Waals surface area contributed by atoms with Gasteiger partial charge in [-0.05, 0) is 0 Å². The van der Waals surface area contributed by atoms with Gasteiger partial charge in [0.2, 0.25) is 0 Å². The summed E-state index contributed by atoms with van der Waals surface area (Å²) in [5.74, 6) is 0. The summed E-state index contributed by atoms with van der Waals surface area (Å²) in [5, 5.41) is 0. The van der Waals surface area contributed by atoms with Gasteiger partial charge in [0.05, 0.1) is 0 Å². The fourth-order valence-electron chi connectivity index (χ4n) is 0.386. The van der Waals surface area contributed by atoms with Gasteiger partial charge in [-0.15, -0.1) is 0 Å².